The number of alkyl halides is 1. The van der Waals surface area contributed by atoms with E-state index in [1.807, 2.05) is 24.4 Å². The van der Waals surface area contributed by atoms with Gasteiger partial charge >= 0.3 is 0 Å². The van der Waals surface area contributed by atoms with E-state index in [4.69, 9.17) is 4.42 Å². The van der Waals surface area contributed by atoms with Gasteiger partial charge in [-0.05, 0) is 18.4 Å². The summed E-state index contributed by atoms with van der Waals surface area (Å²) in [6, 6.07) is 4.02. The van der Waals surface area contributed by atoms with E-state index in [2.05, 4.69) is 27.6 Å². The van der Waals surface area contributed by atoms with E-state index in [0.717, 1.165) is 26.6 Å². The molecule has 0 aromatic carbocycles. The lowest BCUT2D eigenvalue weighted by Gasteiger charge is -1.84. The van der Waals surface area contributed by atoms with Gasteiger partial charge in [-0.3, -0.25) is 0 Å². The van der Waals surface area contributed by atoms with Crippen LogP contribution in [-0.2, 0) is 4.43 Å². The molecule has 2 nitrogen and oxygen atoms in total. The first-order valence-corrected chi connectivity index (χ1v) is 6.28. The molecule has 2 aromatic rings. The van der Waals surface area contributed by atoms with E-state index in [-0.39, 0.29) is 0 Å². The van der Waals surface area contributed by atoms with Gasteiger partial charge in [0.15, 0.2) is 0 Å². The summed E-state index contributed by atoms with van der Waals surface area (Å²) in [5, 5.41) is 2.03. The summed E-state index contributed by atoms with van der Waals surface area (Å²) in [6.45, 7) is 1.96. The molecule has 0 fully saturated rings. The quantitative estimate of drug-likeness (QED) is 0.625. The summed E-state index contributed by atoms with van der Waals surface area (Å²) in [5.41, 5.74) is 1.05. The largest absolute Gasteiger partial charge is 0.440 e. The van der Waals surface area contributed by atoms with E-state index < -0.39 is 0 Å². The topological polar surface area (TPSA) is 26.0 Å². The van der Waals surface area contributed by atoms with Crippen molar-refractivity contribution in [2.75, 3.05) is 0 Å². The Hall–Kier alpha value is -0.360. The van der Waals surface area contributed by atoms with E-state index in [9.17, 15) is 0 Å². The van der Waals surface area contributed by atoms with Crippen LogP contribution in [0.3, 0.4) is 0 Å². The number of nitrogens with zero attached hydrogens (tertiary/aromatic N) is 1. The minimum atomic E-state index is 0.749. The van der Waals surface area contributed by atoms with Crippen molar-refractivity contribution in [2.45, 2.75) is 11.4 Å². The van der Waals surface area contributed by atoms with Crippen LogP contribution in [0.25, 0.3) is 10.8 Å². The van der Waals surface area contributed by atoms with Gasteiger partial charge in [-0.25, -0.2) is 4.98 Å². The van der Waals surface area contributed by atoms with Crippen molar-refractivity contribution in [2.24, 2.45) is 0 Å². The molecule has 2 rings (SSSR count). The highest BCUT2D eigenvalue weighted by molar-refractivity contribution is 14.1. The van der Waals surface area contributed by atoms with Crippen molar-refractivity contribution >= 4 is 33.9 Å². The molecule has 0 atom stereocenters. The molecule has 0 saturated carbocycles. The molecule has 0 aliphatic carbocycles. The second-order valence-electron chi connectivity index (χ2n) is 2.63. The van der Waals surface area contributed by atoms with Gasteiger partial charge < -0.3 is 4.42 Å². The van der Waals surface area contributed by atoms with Crippen molar-refractivity contribution in [3.63, 3.8) is 0 Å². The Balaban J connectivity index is 2.43. The van der Waals surface area contributed by atoms with Crippen molar-refractivity contribution in [1.29, 1.82) is 0 Å². The number of hydrogen-bond donors (Lipinski definition) is 0. The zero-order chi connectivity index (χ0) is 9.26. The predicted octanol–water partition coefficient (Wildman–Crippen LogP) is 3.65. The summed E-state index contributed by atoms with van der Waals surface area (Å²) in [5.74, 6) is 1.68. The molecule has 0 bridgehead atoms. The van der Waals surface area contributed by atoms with E-state index in [1.54, 1.807) is 11.3 Å². The first kappa shape index (κ1) is 9.21. The van der Waals surface area contributed by atoms with Crippen LogP contribution < -0.4 is 0 Å². The molecular formula is C9H8INOS. The third-order valence-corrected chi connectivity index (χ3v) is 3.33. The molecular weight excluding hydrogens is 297 g/mol. The molecule has 13 heavy (non-hydrogen) atoms. The van der Waals surface area contributed by atoms with Gasteiger partial charge in [0.25, 0.3) is 0 Å². The molecule has 0 unspecified atom stereocenters. The van der Waals surface area contributed by atoms with Gasteiger partial charge in [-0.15, -0.1) is 11.3 Å². The van der Waals surface area contributed by atoms with E-state index >= 15 is 0 Å². The maximum absolute atomic E-state index is 5.54. The Morgan fingerprint density at radius 2 is 2.46 bits per heavy atom. The normalized spacial score (nSPS) is 10.6. The highest BCUT2D eigenvalue weighted by Crippen LogP contribution is 2.26. The van der Waals surface area contributed by atoms with Crippen molar-refractivity contribution in [1.82, 2.24) is 4.98 Å². The fourth-order valence-corrected chi connectivity index (χ4v) is 2.41. The molecule has 0 amide bonds. The molecule has 68 valence electrons. The maximum atomic E-state index is 5.54. The Kier molecular flexibility index (Phi) is 2.69. The fourth-order valence-electron chi connectivity index (χ4n) is 1.06. The van der Waals surface area contributed by atoms with Crippen molar-refractivity contribution < 1.29 is 4.42 Å². The summed E-state index contributed by atoms with van der Waals surface area (Å²) in [4.78, 5) is 5.50. The van der Waals surface area contributed by atoms with Crippen LogP contribution in [0, 0.1) is 6.92 Å². The lowest BCUT2D eigenvalue weighted by atomic mass is 10.4. The van der Waals surface area contributed by atoms with Crippen LogP contribution in [0.15, 0.2) is 21.9 Å². The van der Waals surface area contributed by atoms with Crippen LogP contribution in [0.4, 0.5) is 0 Å². The zero-order valence-corrected chi connectivity index (χ0v) is 10.1. The number of thiophene rings is 1. The van der Waals surface area contributed by atoms with Gasteiger partial charge in [0.1, 0.15) is 5.76 Å². The third-order valence-electron chi connectivity index (χ3n) is 1.75. The monoisotopic (exact) mass is 305 g/mol. The number of oxazole rings is 1. The summed E-state index contributed by atoms with van der Waals surface area (Å²) in [7, 11) is 0. The Labute approximate surface area is 94.1 Å². The van der Waals surface area contributed by atoms with Gasteiger partial charge in [-0.2, -0.15) is 0 Å². The fraction of sp³-hybridized carbons (Fsp3) is 0.222. The molecule has 2 aromatic heterocycles. The second kappa shape index (κ2) is 3.79. The van der Waals surface area contributed by atoms with E-state index in [0.29, 0.717) is 0 Å². The third kappa shape index (κ3) is 1.78. The lowest BCUT2D eigenvalue weighted by Crippen LogP contribution is -1.78. The number of aryl methyl sites for hydroxylation is 1. The molecule has 0 aliphatic rings. The van der Waals surface area contributed by atoms with Gasteiger partial charge in [0.05, 0.1) is 10.6 Å². The molecule has 0 N–H and O–H groups in total. The number of halogens is 1. The maximum Gasteiger partial charge on any atom is 0.236 e. The van der Waals surface area contributed by atoms with Crippen LogP contribution in [0.5, 0.6) is 0 Å². The summed E-state index contributed by atoms with van der Waals surface area (Å²) >= 11 is 3.94. The van der Waals surface area contributed by atoms with Gasteiger partial charge in [0.2, 0.25) is 5.89 Å². The average molecular weight is 305 g/mol. The number of hydrogen-bond acceptors (Lipinski definition) is 3. The minimum absolute atomic E-state index is 0.749. The van der Waals surface area contributed by atoms with Crippen LogP contribution in [0.2, 0.25) is 0 Å². The van der Waals surface area contributed by atoms with Crippen LogP contribution >= 0.6 is 33.9 Å². The number of rotatable bonds is 2. The van der Waals surface area contributed by atoms with Crippen LogP contribution in [0.1, 0.15) is 11.5 Å². The van der Waals surface area contributed by atoms with Crippen LogP contribution in [-0.4, -0.2) is 4.98 Å². The summed E-state index contributed by atoms with van der Waals surface area (Å²) < 4.78 is 6.45. The molecule has 2 heterocycles. The summed E-state index contributed by atoms with van der Waals surface area (Å²) in [6.07, 6.45) is 0. The van der Waals surface area contributed by atoms with Gasteiger partial charge in [0, 0.05) is 4.43 Å². The highest BCUT2D eigenvalue weighted by atomic mass is 127. The van der Waals surface area contributed by atoms with Gasteiger partial charge in [-0.1, -0.05) is 28.7 Å². The van der Waals surface area contributed by atoms with Crippen molar-refractivity contribution in [3.05, 3.63) is 29.0 Å². The standard InChI is InChI=1S/C9H8INOS/c1-6-7(5-10)11-9(12-6)8-3-2-4-13-8/h2-4H,5H2,1H3. The first-order valence-electron chi connectivity index (χ1n) is 3.87. The average Bonchev–Trinajstić information content (AvgIpc) is 2.71. The minimum Gasteiger partial charge on any atom is -0.440 e. The second-order valence-corrected chi connectivity index (χ2v) is 4.34. The number of aromatic nitrogens is 1. The Bertz CT molecular complexity index is 394. The zero-order valence-electron chi connectivity index (χ0n) is 7.08. The molecule has 0 saturated heterocycles. The Morgan fingerprint density at radius 1 is 1.62 bits per heavy atom. The van der Waals surface area contributed by atoms with Crippen molar-refractivity contribution in [3.8, 4) is 10.8 Å². The first-order chi connectivity index (χ1) is 6.31. The predicted molar refractivity (Wildman–Crippen MR) is 62.3 cm³/mol. The van der Waals surface area contributed by atoms with E-state index in [1.165, 1.54) is 0 Å². The lowest BCUT2D eigenvalue weighted by molar-refractivity contribution is 0.542. The Morgan fingerprint density at radius 3 is 3.00 bits per heavy atom. The molecule has 0 aliphatic heterocycles. The molecule has 0 spiro atoms. The smallest absolute Gasteiger partial charge is 0.236 e. The molecule has 4 heteroatoms. The SMILES string of the molecule is Cc1oc(-c2cccs2)nc1CI. The highest BCUT2D eigenvalue weighted by Gasteiger charge is 2.10. The molecule has 0 radical (unpaired) electrons.